The Labute approximate surface area is 121 Å². The predicted octanol–water partition coefficient (Wildman–Crippen LogP) is 1.83. The molecule has 6 heteroatoms. The minimum Gasteiger partial charge on any atom is -0.355 e. The first-order valence-corrected chi connectivity index (χ1v) is 7.12. The topological polar surface area (TPSA) is 71.1 Å². The van der Waals surface area contributed by atoms with Gasteiger partial charge < -0.3 is 10.6 Å². The third kappa shape index (κ3) is 4.81. The van der Waals surface area contributed by atoms with Gasteiger partial charge in [0.1, 0.15) is 0 Å². The molecule has 0 bridgehead atoms. The van der Waals surface area contributed by atoms with Gasteiger partial charge in [0.2, 0.25) is 11.8 Å². The van der Waals surface area contributed by atoms with E-state index in [2.05, 4.69) is 15.6 Å². The van der Waals surface area contributed by atoms with Crippen molar-refractivity contribution < 1.29 is 9.59 Å². The Hall–Kier alpha value is -2.21. The molecule has 0 saturated heterocycles. The molecule has 0 saturated carbocycles. The van der Waals surface area contributed by atoms with Crippen molar-refractivity contribution in [3.63, 3.8) is 0 Å². The molecule has 0 fully saturated rings. The number of hydrogen-bond acceptors (Lipinski definition) is 4. The fourth-order valence-corrected chi connectivity index (χ4v) is 2.17. The molecular formula is C14H15N3O2S. The van der Waals surface area contributed by atoms with Crippen LogP contribution in [0.15, 0.2) is 41.9 Å². The van der Waals surface area contributed by atoms with Crippen molar-refractivity contribution in [2.75, 3.05) is 11.9 Å². The van der Waals surface area contributed by atoms with Crippen LogP contribution in [0.1, 0.15) is 12.0 Å². The molecule has 0 radical (unpaired) electrons. The Morgan fingerprint density at radius 2 is 1.95 bits per heavy atom. The Morgan fingerprint density at radius 3 is 2.65 bits per heavy atom. The van der Waals surface area contributed by atoms with Crippen LogP contribution in [-0.4, -0.2) is 23.3 Å². The molecule has 104 valence electrons. The minimum atomic E-state index is -0.153. The Bertz CT molecular complexity index is 555. The summed E-state index contributed by atoms with van der Waals surface area (Å²) in [7, 11) is 0. The second kappa shape index (κ2) is 7.40. The third-order valence-corrected chi connectivity index (χ3v) is 3.25. The van der Waals surface area contributed by atoms with Crippen LogP contribution in [0.5, 0.6) is 0 Å². The van der Waals surface area contributed by atoms with Crippen molar-refractivity contribution in [3.8, 4) is 0 Å². The van der Waals surface area contributed by atoms with E-state index in [0.29, 0.717) is 18.1 Å². The largest absolute Gasteiger partial charge is 0.355 e. The summed E-state index contributed by atoms with van der Waals surface area (Å²) in [6.45, 7) is 0.322. The smallest absolute Gasteiger partial charge is 0.227 e. The number of amides is 2. The number of carbonyl (C=O) groups is 2. The van der Waals surface area contributed by atoms with E-state index < -0.39 is 0 Å². The van der Waals surface area contributed by atoms with E-state index in [-0.39, 0.29) is 18.2 Å². The average molecular weight is 289 g/mol. The molecule has 0 aliphatic heterocycles. The third-order valence-electron chi connectivity index (χ3n) is 2.56. The molecule has 1 heterocycles. The van der Waals surface area contributed by atoms with Gasteiger partial charge >= 0.3 is 0 Å². The Kier molecular flexibility index (Phi) is 5.25. The number of aromatic nitrogens is 1. The monoisotopic (exact) mass is 289 g/mol. The van der Waals surface area contributed by atoms with Gasteiger partial charge in [-0.05, 0) is 5.56 Å². The lowest BCUT2D eigenvalue weighted by atomic mass is 10.1. The predicted molar refractivity (Wildman–Crippen MR) is 78.5 cm³/mol. The molecule has 0 atom stereocenters. The maximum absolute atomic E-state index is 11.7. The van der Waals surface area contributed by atoms with E-state index in [0.717, 1.165) is 5.56 Å². The zero-order chi connectivity index (χ0) is 14.2. The van der Waals surface area contributed by atoms with Gasteiger partial charge in [0, 0.05) is 24.5 Å². The van der Waals surface area contributed by atoms with Crippen molar-refractivity contribution >= 4 is 28.3 Å². The van der Waals surface area contributed by atoms with Crippen molar-refractivity contribution in [1.29, 1.82) is 0 Å². The highest BCUT2D eigenvalue weighted by Gasteiger charge is 2.06. The maximum Gasteiger partial charge on any atom is 0.227 e. The lowest BCUT2D eigenvalue weighted by Gasteiger charge is -2.05. The minimum absolute atomic E-state index is 0.0850. The molecule has 2 amide bonds. The number of hydrogen-bond donors (Lipinski definition) is 2. The highest BCUT2D eigenvalue weighted by atomic mass is 32.1. The highest BCUT2D eigenvalue weighted by molar-refractivity contribution is 7.13. The zero-order valence-electron chi connectivity index (χ0n) is 10.8. The van der Waals surface area contributed by atoms with Crippen molar-refractivity contribution in [1.82, 2.24) is 10.3 Å². The first-order chi connectivity index (χ1) is 9.74. The van der Waals surface area contributed by atoms with Crippen LogP contribution in [0.4, 0.5) is 5.13 Å². The standard InChI is InChI=1S/C14H15N3O2S/c18-12(17-14-16-8-9-20-14)6-7-15-13(19)10-11-4-2-1-3-5-11/h1-5,8-9H,6-7,10H2,(H,15,19)(H,16,17,18). The molecular weight excluding hydrogens is 274 g/mol. The number of anilines is 1. The van der Waals surface area contributed by atoms with Crippen LogP contribution in [0.3, 0.4) is 0 Å². The normalized spacial score (nSPS) is 10.0. The van der Waals surface area contributed by atoms with E-state index in [4.69, 9.17) is 0 Å². The van der Waals surface area contributed by atoms with Gasteiger partial charge in [-0.1, -0.05) is 30.3 Å². The van der Waals surface area contributed by atoms with E-state index >= 15 is 0 Å². The summed E-state index contributed by atoms with van der Waals surface area (Å²) < 4.78 is 0. The molecule has 2 aromatic rings. The average Bonchev–Trinajstić information content (AvgIpc) is 2.92. The summed E-state index contributed by atoms with van der Waals surface area (Å²) in [5.41, 5.74) is 0.956. The van der Waals surface area contributed by atoms with Crippen molar-refractivity contribution in [3.05, 3.63) is 47.5 Å². The fourth-order valence-electron chi connectivity index (χ4n) is 1.63. The highest BCUT2D eigenvalue weighted by Crippen LogP contribution is 2.10. The van der Waals surface area contributed by atoms with E-state index in [1.54, 1.807) is 11.6 Å². The maximum atomic E-state index is 11.7. The summed E-state index contributed by atoms with van der Waals surface area (Å²) >= 11 is 1.36. The lowest BCUT2D eigenvalue weighted by Crippen LogP contribution is -2.28. The summed E-state index contributed by atoms with van der Waals surface area (Å²) in [6, 6.07) is 9.49. The molecule has 2 N–H and O–H groups in total. The molecule has 0 unspecified atom stereocenters. The molecule has 1 aromatic heterocycles. The molecule has 2 rings (SSSR count). The van der Waals surface area contributed by atoms with Crippen LogP contribution in [0.2, 0.25) is 0 Å². The zero-order valence-corrected chi connectivity index (χ0v) is 11.7. The van der Waals surface area contributed by atoms with Crippen LogP contribution < -0.4 is 10.6 Å². The molecule has 0 aliphatic carbocycles. The van der Waals surface area contributed by atoms with Gasteiger partial charge in [0.15, 0.2) is 5.13 Å². The first-order valence-electron chi connectivity index (χ1n) is 6.24. The number of nitrogens with zero attached hydrogens (tertiary/aromatic N) is 1. The van der Waals surface area contributed by atoms with Gasteiger partial charge in [0.05, 0.1) is 6.42 Å². The molecule has 0 spiro atoms. The second-order valence-corrected chi connectivity index (χ2v) is 5.04. The summed E-state index contributed by atoms with van der Waals surface area (Å²) in [4.78, 5) is 27.2. The quantitative estimate of drug-likeness (QED) is 0.852. The summed E-state index contributed by atoms with van der Waals surface area (Å²) in [6.07, 6.45) is 2.19. The number of nitrogens with one attached hydrogen (secondary N) is 2. The van der Waals surface area contributed by atoms with Gasteiger partial charge in [-0.15, -0.1) is 11.3 Å². The van der Waals surface area contributed by atoms with Crippen LogP contribution >= 0.6 is 11.3 Å². The number of benzene rings is 1. The lowest BCUT2D eigenvalue weighted by molar-refractivity contribution is -0.120. The van der Waals surface area contributed by atoms with E-state index in [1.165, 1.54) is 11.3 Å². The van der Waals surface area contributed by atoms with E-state index in [9.17, 15) is 9.59 Å². The number of carbonyl (C=O) groups excluding carboxylic acids is 2. The fraction of sp³-hybridized carbons (Fsp3) is 0.214. The van der Waals surface area contributed by atoms with Crippen molar-refractivity contribution in [2.45, 2.75) is 12.8 Å². The molecule has 5 nitrogen and oxygen atoms in total. The van der Waals surface area contributed by atoms with Gasteiger partial charge in [0.25, 0.3) is 0 Å². The van der Waals surface area contributed by atoms with Crippen molar-refractivity contribution in [2.24, 2.45) is 0 Å². The molecule has 0 aliphatic rings. The van der Waals surface area contributed by atoms with Crippen LogP contribution in [-0.2, 0) is 16.0 Å². The first kappa shape index (κ1) is 14.2. The Morgan fingerprint density at radius 1 is 1.15 bits per heavy atom. The number of thiazole rings is 1. The number of rotatable bonds is 6. The summed E-state index contributed by atoms with van der Waals surface area (Å²) in [5.74, 6) is -0.238. The van der Waals surface area contributed by atoms with Gasteiger partial charge in [-0.25, -0.2) is 4.98 Å². The summed E-state index contributed by atoms with van der Waals surface area (Å²) in [5, 5.41) is 7.75. The SMILES string of the molecule is O=C(Cc1ccccc1)NCCC(=O)Nc1nccs1. The van der Waals surface area contributed by atoms with Crippen LogP contribution in [0, 0.1) is 0 Å². The molecule has 20 heavy (non-hydrogen) atoms. The van der Waals surface area contributed by atoms with Gasteiger partial charge in [-0.2, -0.15) is 0 Å². The van der Waals surface area contributed by atoms with Crippen LogP contribution in [0.25, 0.3) is 0 Å². The van der Waals surface area contributed by atoms with Gasteiger partial charge in [-0.3, -0.25) is 9.59 Å². The van der Waals surface area contributed by atoms with E-state index in [1.807, 2.05) is 30.3 Å². The Balaban J connectivity index is 1.65. The second-order valence-electron chi connectivity index (χ2n) is 4.15. The molecule has 1 aromatic carbocycles.